The first-order valence-electron chi connectivity index (χ1n) is 9.47. The summed E-state index contributed by atoms with van der Waals surface area (Å²) in [5.41, 5.74) is 1.79. The van der Waals surface area contributed by atoms with Gasteiger partial charge in [-0.15, -0.1) is 46.7 Å². The summed E-state index contributed by atoms with van der Waals surface area (Å²) in [5, 5.41) is 8.56. The summed E-state index contributed by atoms with van der Waals surface area (Å²) in [6, 6.07) is -0.0722. The minimum absolute atomic E-state index is 0. The first-order valence-corrected chi connectivity index (χ1v) is 11.1. The fourth-order valence-corrected chi connectivity index (χ4v) is 4.54. The van der Waals surface area contributed by atoms with E-state index in [1.807, 2.05) is 34.6 Å². The predicted octanol–water partition coefficient (Wildman–Crippen LogP) is 4.18. The highest BCUT2D eigenvalue weighted by Crippen LogP contribution is 2.24. The third-order valence-electron chi connectivity index (χ3n) is 3.95. The van der Waals surface area contributed by atoms with Crippen molar-refractivity contribution < 1.29 is 9.53 Å². The molecule has 2 aromatic rings. The van der Waals surface area contributed by atoms with E-state index >= 15 is 0 Å². The van der Waals surface area contributed by atoms with E-state index in [-0.39, 0.29) is 36.0 Å². The number of carbonyl (C=O) groups is 1. The van der Waals surface area contributed by atoms with Gasteiger partial charge in [-0.3, -0.25) is 4.99 Å². The molecule has 2 rings (SSSR count). The molecule has 1 unspecified atom stereocenters. The molecule has 0 radical (unpaired) electrons. The van der Waals surface area contributed by atoms with Gasteiger partial charge in [0.15, 0.2) is 5.96 Å². The normalized spacial score (nSPS) is 12.3. The van der Waals surface area contributed by atoms with Gasteiger partial charge in [-0.2, -0.15) is 0 Å². The van der Waals surface area contributed by atoms with Crippen LogP contribution >= 0.6 is 46.7 Å². The number of carbonyl (C=O) groups excluding carboxylic acids is 1. The molecule has 10 heteroatoms. The molecule has 0 aromatic carbocycles. The van der Waals surface area contributed by atoms with E-state index in [1.165, 1.54) is 16.2 Å². The van der Waals surface area contributed by atoms with Crippen LogP contribution in [0.3, 0.4) is 0 Å². The van der Waals surface area contributed by atoms with Crippen LogP contribution in [0, 0.1) is 20.8 Å². The van der Waals surface area contributed by atoms with Gasteiger partial charge in [0.05, 0.1) is 29.0 Å². The number of hydrogen-bond acceptors (Lipinski definition) is 7. The van der Waals surface area contributed by atoms with Crippen LogP contribution in [0.25, 0.3) is 0 Å². The maximum atomic E-state index is 12.0. The van der Waals surface area contributed by atoms with Gasteiger partial charge in [-0.25, -0.2) is 14.8 Å². The minimum Gasteiger partial charge on any atom is -0.462 e. The number of aromatic nitrogens is 2. The lowest BCUT2D eigenvalue weighted by Gasteiger charge is -2.16. The molecule has 1 atom stereocenters. The van der Waals surface area contributed by atoms with Gasteiger partial charge in [0, 0.05) is 24.4 Å². The Morgan fingerprint density at radius 1 is 1.17 bits per heavy atom. The van der Waals surface area contributed by atoms with Crippen molar-refractivity contribution in [1.82, 2.24) is 20.6 Å². The van der Waals surface area contributed by atoms with Crippen LogP contribution in [-0.4, -0.2) is 41.6 Å². The summed E-state index contributed by atoms with van der Waals surface area (Å²) in [6.07, 6.45) is 0.867. The molecule has 0 amide bonds. The number of nitrogens with zero attached hydrogens (tertiary/aromatic N) is 3. The number of thiazole rings is 2. The molecule has 0 aliphatic heterocycles. The zero-order chi connectivity index (χ0) is 20.7. The quantitative estimate of drug-likeness (QED) is 0.222. The average molecular weight is 552 g/mol. The second kappa shape index (κ2) is 12.4. The highest BCUT2D eigenvalue weighted by Gasteiger charge is 2.20. The van der Waals surface area contributed by atoms with Crippen LogP contribution < -0.4 is 10.6 Å². The first kappa shape index (κ1) is 25.8. The van der Waals surface area contributed by atoms with E-state index < -0.39 is 0 Å². The van der Waals surface area contributed by atoms with E-state index in [0.29, 0.717) is 23.7 Å². The number of ether oxygens (including phenoxy) is 1. The highest BCUT2D eigenvalue weighted by molar-refractivity contribution is 14.0. The van der Waals surface area contributed by atoms with E-state index in [9.17, 15) is 4.79 Å². The standard InChI is InChI=1S/C19H29N5O2S2.HI/c1-7-20-19(21-10-9-15-11(3)22-14(6)27-15)24-13(5)17-23-12(4)16(28-17)18(25)26-8-2;/h13H,7-10H2,1-6H3,(H2,20,21,24);1H. The Balaban J connectivity index is 0.00000420. The molecule has 162 valence electrons. The van der Waals surface area contributed by atoms with Gasteiger partial charge in [-0.05, 0) is 41.5 Å². The van der Waals surface area contributed by atoms with Gasteiger partial charge < -0.3 is 15.4 Å². The fourth-order valence-electron chi connectivity index (χ4n) is 2.65. The van der Waals surface area contributed by atoms with Crippen molar-refractivity contribution in [2.24, 2.45) is 4.99 Å². The van der Waals surface area contributed by atoms with Crippen molar-refractivity contribution in [2.75, 3.05) is 19.7 Å². The van der Waals surface area contributed by atoms with Crippen molar-refractivity contribution in [3.05, 3.63) is 31.2 Å². The number of nitrogens with one attached hydrogen (secondary N) is 2. The first-order chi connectivity index (χ1) is 13.3. The lowest BCUT2D eigenvalue weighted by Crippen LogP contribution is -2.38. The van der Waals surface area contributed by atoms with Gasteiger partial charge in [-0.1, -0.05) is 0 Å². The molecule has 29 heavy (non-hydrogen) atoms. The van der Waals surface area contributed by atoms with Gasteiger partial charge in [0.25, 0.3) is 0 Å². The lowest BCUT2D eigenvalue weighted by molar-refractivity contribution is 0.0531. The van der Waals surface area contributed by atoms with Crippen molar-refractivity contribution in [3.8, 4) is 0 Å². The second-order valence-corrected chi connectivity index (χ2v) is 8.62. The SMILES string of the molecule is CCNC(=NCCc1sc(C)nc1C)NC(C)c1nc(C)c(C(=O)OCC)s1.I. The summed E-state index contributed by atoms with van der Waals surface area (Å²) in [4.78, 5) is 27.5. The van der Waals surface area contributed by atoms with Crippen molar-refractivity contribution in [2.45, 2.75) is 54.0 Å². The van der Waals surface area contributed by atoms with Crippen LogP contribution in [0.5, 0.6) is 0 Å². The van der Waals surface area contributed by atoms with E-state index in [0.717, 1.165) is 34.6 Å². The Morgan fingerprint density at radius 3 is 2.48 bits per heavy atom. The highest BCUT2D eigenvalue weighted by atomic mass is 127. The molecule has 0 bridgehead atoms. The summed E-state index contributed by atoms with van der Waals surface area (Å²) in [7, 11) is 0. The van der Waals surface area contributed by atoms with E-state index in [2.05, 4.69) is 25.6 Å². The Bertz CT molecular complexity index is 835. The number of halogens is 1. The monoisotopic (exact) mass is 551 g/mol. The number of esters is 1. The topological polar surface area (TPSA) is 88.5 Å². The number of hydrogen-bond donors (Lipinski definition) is 2. The van der Waals surface area contributed by atoms with Crippen LogP contribution in [0.1, 0.15) is 62.8 Å². The summed E-state index contributed by atoms with van der Waals surface area (Å²) >= 11 is 3.09. The molecule has 7 nitrogen and oxygen atoms in total. The molecular weight excluding hydrogens is 521 g/mol. The molecule has 0 aliphatic carbocycles. The maximum Gasteiger partial charge on any atom is 0.350 e. The lowest BCUT2D eigenvalue weighted by atomic mass is 10.3. The number of guanidine groups is 1. The molecule has 0 aliphatic rings. The van der Waals surface area contributed by atoms with Crippen LogP contribution in [0.15, 0.2) is 4.99 Å². The molecule has 0 saturated heterocycles. The number of rotatable bonds is 8. The number of aliphatic imine (C=N–C) groups is 1. The molecule has 2 N–H and O–H groups in total. The van der Waals surface area contributed by atoms with E-state index in [1.54, 1.807) is 18.3 Å². The zero-order valence-electron chi connectivity index (χ0n) is 17.8. The average Bonchev–Trinajstić information content (AvgIpc) is 3.17. The second-order valence-electron chi connectivity index (χ2n) is 6.31. The Hall–Kier alpha value is -1.27. The summed E-state index contributed by atoms with van der Waals surface area (Å²) in [6.45, 7) is 13.5. The summed E-state index contributed by atoms with van der Waals surface area (Å²) < 4.78 is 5.10. The van der Waals surface area contributed by atoms with Gasteiger partial charge in [0.2, 0.25) is 0 Å². The van der Waals surface area contributed by atoms with Crippen molar-refractivity contribution in [3.63, 3.8) is 0 Å². The third kappa shape index (κ3) is 7.49. The van der Waals surface area contributed by atoms with Gasteiger partial charge in [0.1, 0.15) is 9.88 Å². The summed E-state index contributed by atoms with van der Waals surface area (Å²) in [5.74, 6) is 0.422. The molecule has 0 spiro atoms. The van der Waals surface area contributed by atoms with E-state index in [4.69, 9.17) is 4.74 Å². The largest absolute Gasteiger partial charge is 0.462 e. The molecule has 2 heterocycles. The smallest absolute Gasteiger partial charge is 0.350 e. The third-order valence-corrected chi connectivity index (χ3v) is 6.40. The Morgan fingerprint density at radius 2 is 1.90 bits per heavy atom. The molecule has 0 saturated carbocycles. The van der Waals surface area contributed by atoms with Gasteiger partial charge >= 0.3 is 5.97 Å². The predicted molar refractivity (Wildman–Crippen MR) is 131 cm³/mol. The van der Waals surface area contributed by atoms with Crippen LogP contribution in [-0.2, 0) is 11.2 Å². The fraction of sp³-hybridized carbons (Fsp3) is 0.579. The number of aryl methyl sites for hydroxylation is 3. The van der Waals surface area contributed by atoms with Crippen molar-refractivity contribution in [1.29, 1.82) is 0 Å². The maximum absolute atomic E-state index is 12.0. The molecular formula is C19H30IN5O2S2. The van der Waals surface area contributed by atoms with Crippen molar-refractivity contribution >= 4 is 58.6 Å². The zero-order valence-corrected chi connectivity index (χ0v) is 21.8. The molecule has 2 aromatic heterocycles. The molecule has 0 fully saturated rings. The van der Waals surface area contributed by atoms with Crippen LogP contribution in [0.4, 0.5) is 0 Å². The Kier molecular flexibility index (Phi) is 11.0. The Labute approximate surface area is 197 Å². The minimum atomic E-state index is -0.313. The van der Waals surface area contributed by atoms with Crippen LogP contribution in [0.2, 0.25) is 0 Å².